The highest BCUT2D eigenvalue weighted by Gasteiger charge is 2.02. The van der Waals surface area contributed by atoms with E-state index in [-0.39, 0.29) is 11.7 Å². The van der Waals surface area contributed by atoms with Crippen LogP contribution in [0.5, 0.6) is 0 Å². The minimum absolute atomic E-state index is 0.140. The molecule has 4 nitrogen and oxygen atoms in total. The standard InChI is InChI=1S/C12H21N3O/c1-9(13)6-4-5-7-15-11(3)8-10(2)14-12(15)16/h8-9H,4-7,13H2,1-3H3. The van der Waals surface area contributed by atoms with Gasteiger partial charge in [0.1, 0.15) is 0 Å². The maximum absolute atomic E-state index is 11.6. The van der Waals surface area contributed by atoms with Gasteiger partial charge in [-0.3, -0.25) is 4.57 Å². The third kappa shape index (κ3) is 3.77. The van der Waals surface area contributed by atoms with Gasteiger partial charge in [-0.05, 0) is 39.7 Å². The molecule has 0 aromatic carbocycles. The molecule has 90 valence electrons. The smallest absolute Gasteiger partial charge is 0.328 e. The Labute approximate surface area is 96.5 Å². The second-order valence-electron chi connectivity index (χ2n) is 4.45. The van der Waals surface area contributed by atoms with E-state index in [0.29, 0.717) is 0 Å². The van der Waals surface area contributed by atoms with Crippen molar-refractivity contribution in [3.8, 4) is 0 Å². The zero-order chi connectivity index (χ0) is 12.1. The van der Waals surface area contributed by atoms with Gasteiger partial charge in [0, 0.05) is 24.0 Å². The molecule has 1 heterocycles. The highest BCUT2D eigenvalue weighted by molar-refractivity contribution is 5.06. The summed E-state index contributed by atoms with van der Waals surface area (Å²) in [6.45, 7) is 6.53. The van der Waals surface area contributed by atoms with Crippen LogP contribution in [0, 0.1) is 13.8 Å². The fourth-order valence-corrected chi connectivity index (χ4v) is 1.78. The van der Waals surface area contributed by atoms with Crippen LogP contribution in [0.25, 0.3) is 0 Å². The zero-order valence-corrected chi connectivity index (χ0v) is 10.4. The summed E-state index contributed by atoms with van der Waals surface area (Å²) in [6, 6.07) is 2.18. The summed E-state index contributed by atoms with van der Waals surface area (Å²) in [5.74, 6) is 0. The number of nitrogens with zero attached hydrogens (tertiary/aromatic N) is 2. The lowest BCUT2D eigenvalue weighted by atomic mass is 10.1. The molecule has 0 saturated carbocycles. The van der Waals surface area contributed by atoms with Crippen molar-refractivity contribution in [3.05, 3.63) is 27.9 Å². The zero-order valence-electron chi connectivity index (χ0n) is 10.4. The van der Waals surface area contributed by atoms with Crippen molar-refractivity contribution in [2.24, 2.45) is 5.73 Å². The average molecular weight is 223 g/mol. The minimum Gasteiger partial charge on any atom is -0.328 e. The van der Waals surface area contributed by atoms with E-state index in [9.17, 15) is 4.79 Å². The van der Waals surface area contributed by atoms with Gasteiger partial charge in [-0.2, -0.15) is 4.98 Å². The highest BCUT2D eigenvalue weighted by Crippen LogP contribution is 2.03. The van der Waals surface area contributed by atoms with Crippen LogP contribution in [0.1, 0.15) is 37.6 Å². The van der Waals surface area contributed by atoms with E-state index in [1.165, 1.54) is 0 Å². The maximum Gasteiger partial charge on any atom is 0.347 e. The molecule has 0 spiro atoms. The lowest BCUT2D eigenvalue weighted by molar-refractivity contribution is 0.528. The van der Waals surface area contributed by atoms with Crippen molar-refractivity contribution in [2.45, 2.75) is 52.6 Å². The fraction of sp³-hybridized carbons (Fsp3) is 0.667. The van der Waals surface area contributed by atoms with Gasteiger partial charge in [0.05, 0.1) is 0 Å². The molecule has 0 amide bonds. The molecule has 0 bridgehead atoms. The van der Waals surface area contributed by atoms with Crippen molar-refractivity contribution in [3.63, 3.8) is 0 Å². The summed E-state index contributed by atoms with van der Waals surface area (Å²) in [6.07, 6.45) is 3.04. The number of unbranched alkanes of at least 4 members (excludes halogenated alkanes) is 1. The lowest BCUT2D eigenvalue weighted by Gasteiger charge is -2.10. The number of aromatic nitrogens is 2. The van der Waals surface area contributed by atoms with Crippen LogP contribution in [0.15, 0.2) is 10.9 Å². The van der Waals surface area contributed by atoms with E-state index in [1.807, 2.05) is 26.8 Å². The predicted octanol–water partition coefficient (Wildman–Crippen LogP) is 1.38. The molecule has 0 fully saturated rings. The molecule has 1 rings (SSSR count). The van der Waals surface area contributed by atoms with Crippen LogP contribution >= 0.6 is 0 Å². The molecule has 1 unspecified atom stereocenters. The second kappa shape index (κ2) is 5.80. The molecule has 1 aromatic rings. The van der Waals surface area contributed by atoms with Crippen molar-refractivity contribution in [1.29, 1.82) is 0 Å². The summed E-state index contributed by atoms with van der Waals surface area (Å²) >= 11 is 0. The first-order chi connectivity index (χ1) is 7.50. The Bertz CT molecular complexity index is 396. The number of hydrogen-bond donors (Lipinski definition) is 1. The van der Waals surface area contributed by atoms with E-state index < -0.39 is 0 Å². The molecular formula is C12H21N3O. The SMILES string of the molecule is Cc1cc(C)n(CCCCC(C)N)c(=O)n1. The van der Waals surface area contributed by atoms with Gasteiger partial charge in [-0.15, -0.1) is 0 Å². The van der Waals surface area contributed by atoms with Gasteiger partial charge < -0.3 is 5.73 Å². The number of hydrogen-bond acceptors (Lipinski definition) is 3. The number of nitrogens with two attached hydrogens (primary N) is 1. The van der Waals surface area contributed by atoms with E-state index in [4.69, 9.17) is 5.73 Å². The van der Waals surface area contributed by atoms with Gasteiger partial charge in [0.25, 0.3) is 0 Å². The van der Waals surface area contributed by atoms with E-state index in [1.54, 1.807) is 4.57 Å². The summed E-state index contributed by atoms with van der Waals surface area (Å²) in [7, 11) is 0. The van der Waals surface area contributed by atoms with Crippen LogP contribution in [-0.4, -0.2) is 15.6 Å². The van der Waals surface area contributed by atoms with Crippen molar-refractivity contribution in [2.75, 3.05) is 0 Å². The summed E-state index contributed by atoms with van der Waals surface area (Å²) in [4.78, 5) is 15.5. The van der Waals surface area contributed by atoms with Crippen LogP contribution < -0.4 is 11.4 Å². The third-order valence-corrected chi connectivity index (χ3v) is 2.64. The molecule has 0 radical (unpaired) electrons. The topological polar surface area (TPSA) is 60.9 Å². The van der Waals surface area contributed by atoms with Gasteiger partial charge in [-0.1, -0.05) is 6.42 Å². The molecule has 2 N–H and O–H groups in total. The Kier molecular flexibility index (Phi) is 4.68. The third-order valence-electron chi connectivity index (χ3n) is 2.64. The first kappa shape index (κ1) is 12.9. The minimum atomic E-state index is -0.140. The maximum atomic E-state index is 11.6. The molecule has 1 aromatic heterocycles. The molecule has 4 heteroatoms. The second-order valence-corrected chi connectivity index (χ2v) is 4.45. The van der Waals surface area contributed by atoms with Crippen molar-refractivity contribution < 1.29 is 0 Å². The summed E-state index contributed by atoms with van der Waals surface area (Å²) in [5.41, 5.74) is 7.30. The number of aryl methyl sites for hydroxylation is 2. The first-order valence-electron chi connectivity index (χ1n) is 5.81. The Morgan fingerprint density at radius 1 is 1.44 bits per heavy atom. The molecule has 0 saturated heterocycles. The largest absolute Gasteiger partial charge is 0.347 e. The average Bonchev–Trinajstić information content (AvgIpc) is 2.14. The Morgan fingerprint density at radius 3 is 2.69 bits per heavy atom. The van der Waals surface area contributed by atoms with Gasteiger partial charge >= 0.3 is 5.69 Å². The van der Waals surface area contributed by atoms with Crippen LogP contribution in [0.2, 0.25) is 0 Å². The summed E-state index contributed by atoms with van der Waals surface area (Å²) in [5, 5.41) is 0. The fourth-order valence-electron chi connectivity index (χ4n) is 1.78. The van der Waals surface area contributed by atoms with Crippen LogP contribution in [-0.2, 0) is 6.54 Å². The molecule has 0 aliphatic carbocycles. The Hall–Kier alpha value is -1.16. The van der Waals surface area contributed by atoms with E-state index in [2.05, 4.69) is 4.98 Å². The Balaban J connectivity index is 2.57. The number of rotatable bonds is 5. The normalized spacial score (nSPS) is 12.8. The van der Waals surface area contributed by atoms with Gasteiger partial charge in [-0.25, -0.2) is 4.79 Å². The van der Waals surface area contributed by atoms with Crippen LogP contribution in [0.3, 0.4) is 0 Å². The van der Waals surface area contributed by atoms with Crippen LogP contribution in [0.4, 0.5) is 0 Å². The molecular weight excluding hydrogens is 202 g/mol. The predicted molar refractivity (Wildman–Crippen MR) is 65.5 cm³/mol. The molecule has 0 aliphatic rings. The molecule has 1 atom stereocenters. The van der Waals surface area contributed by atoms with E-state index >= 15 is 0 Å². The molecule has 16 heavy (non-hydrogen) atoms. The lowest BCUT2D eigenvalue weighted by Crippen LogP contribution is -2.25. The van der Waals surface area contributed by atoms with Crippen molar-refractivity contribution >= 4 is 0 Å². The highest BCUT2D eigenvalue weighted by atomic mass is 16.1. The summed E-state index contributed by atoms with van der Waals surface area (Å²) < 4.78 is 1.73. The van der Waals surface area contributed by atoms with Crippen molar-refractivity contribution in [1.82, 2.24) is 9.55 Å². The van der Waals surface area contributed by atoms with Gasteiger partial charge in [0.15, 0.2) is 0 Å². The van der Waals surface area contributed by atoms with E-state index in [0.717, 1.165) is 37.2 Å². The molecule has 0 aliphatic heterocycles. The quantitative estimate of drug-likeness (QED) is 0.767. The van der Waals surface area contributed by atoms with Gasteiger partial charge in [0.2, 0.25) is 0 Å². The monoisotopic (exact) mass is 223 g/mol. The first-order valence-corrected chi connectivity index (χ1v) is 5.81. The Morgan fingerprint density at radius 2 is 2.12 bits per heavy atom.